The number of anilines is 3. The molecule has 2 aromatic carbocycles. The second-order valence-electron chi connectivity index (χ2n) is 11.2. The van der Waals surface area contributed by atoms with E-state index in [1.54, 1.807) is 37.5 Å². The molecule has 3 aromatic heterocycles. The molecule has 238 valence electrons. The van der Waals surface area contributed by atoms with E-state index in [0.717, 1.165) is 52.7 Å². The van der Waals surface area contributed by atoms with Crippen LogP contribution in [0.1, 0.15) is 35.9 Å². The van der Waals surface area contributed by atoms with E-state index in [4.69, 9.17) is 14.7 Å². The zero-order valence-electron chi connectivity index (χ0n) is 25.5. The van der Waals surface area contributed by atoms with Crippen LogP contribution in [0, 0.1) is 18.6 Å². The molecule has 0 radical (unpaired) electrons. The lowest BCUT2D eigenvalue weighted by Crippen LogP contribution is -2.36. The molecule has 4 heterocycles. The number of hydrogen-bond donors (Lipinski definition) is 1. The minimum Gasteiger partial charge on any atom is -0.378 e. The molecule has 0 spiro atoms. The molecule has 1 fully saturated rings. The third kappa shape index (κ3) is 6.76. The number of rotatable bonds is 9. The smallest absolute Gasteiger partial charge is 0.227 e. The summed E-state index contributed by atoms with van der Waals surface area (Å²) in [6, 6.07) is 14.1. The number of hydrogen-bond acceptors (Lipinski definition) is 10. The molecule has 46 heavy (non-hydrogen) atoms. The van der Waals surface area contributed by atoms with Crippen LogP contribution in [0.15, 0.2) is 71.9 Å². The summed E-state index contributed by atoms with van der Waals surface area (Å²) in [4.78, 5) is 20.7. The summed E-state index contributed by atoms with van der Waals surface area (Å²) in [5.74, 6) is -1.42. The summed E-state index contributed by atoms with van der Waals surface area (Å²) in [6.07, 6.45) is 3.40. The van der Waals surface area contributed by atoms with Gasteiger partial charge in [0.2, 0.25) is 5.95 Å². The van der Waals surface area contributed by atoms with Gasteiger partial charge in [-0.25, -0.2) is 37.1 Å². The average molecular weight is 663 g/mol. The van der Waals surface area contributed by atoms with E-state index in [9.17, 15) is 17.2 Å². The van der Waals surface area contributed by atoms with Gasteiger partial charge in [0.05, 0.1) is 52.1 Å². The molecule has 1 N–H and O–H groups in total. The Morgan fingerprint density at radius 3 is 2.46 bits per heavy atom. The number of aromatic nitrogens is 4. The van der Waals surface area contributed by atoms with Crippen molar-refractivity contribution in [1.29, 1.82) is 0 Å². The van der Waals surface area contributed by atoms with Crippen LogP contribution in [0.25, 0.3) is 21.8 Å². The normalized spacial score (nSPS) is 13.7. The molecule has 0 saturated carbocycles. The lowest BCUT2D eigenvalue weighted by atomic mass is 10.0. The number of morpholine rings is 1. The molecular weight excluding hydrogens is 631 g/mol. The maximum Gasteiger partial charge on any atom is 0.227 e. The van der Waals surface area contributed by atoms with Gasteiger partial charge in [-0.1, -0.05) is 32.0 Å². The van der Waals surface area contributed by atoms with Gasteiger partial charge in [0, 0.05) is 30.8 Å². The fourth-order valence-electron chi connectivity index (χ4n) is 5.10. The fourth-order valence-corrected chi connectivity index (χ4v) is 7.75. The number of sulfone groups is 1. The third-order valence-corrected chi connectivity index (χ3v) is 10.6. The van der Waals surface area contributed by atoms with Crippen molar-refractivity contribution in [2.24, 2.45) is 0 Å². The highest BCUT2D eigenvalue weighted by Gasteiger charge is 2.26. The molecule has 1 aliphatic heterocycles. The van der Waals surface area contributed by atoms with Crippen LogP contribution >= 0.6 is 11.3 Å². The summed E-state index contributed by atoms with van der Waals surface area (Å²) >= 11 is 1.50. The molecule has 9 nitrogen and oxygen atoms in total. The van der Waals surface area contributed by atoms with Gasteiger partial charge in [0.15, 0.2) is 9.84 Å². The molecular formula is C33H32F2N6O3S2. The molecule has 0 amide bonds. The Bertz CT molecular complexity index is 1960. The van der Waals surface area contributed by atoms with Gasteiger partial charge in [-0.15, -0.1) is 11.3 Å². The first-order valence-corrected chi connectivity index (χ1v) is 17.2. The number of pyridine rings is 1. The predicted molar refractivity (Wildman–Crippen MR) is 175 cm³/mol. The molecule has 13 heteroatoms. The molecule has 0 unspecified atom stereocenters. The highest BCUT2D eigenvalue weighted by atomic mass is 32.2. The SMILES string of the molecule is Cc1ccc(-c2nc(C(C)C)sc2-c2ccnc(Nc3ccc(N4CCOCC4)nc3)n2)cc1CS(=O)(=O)c1c(F)cccc1F. The minimum atomic E-state index is -4.32. The summed E-state index contributed by atoms with van der Waals surface area (Å²) in [5, 5.41) is 4.11. The number of aryl methyl sites for hydroxylation is 1. The standard InChI is InChI=1S/C33H32F2N6O3S2/c1-20(2)32-40-29(22-8-7-21(3)23(17-22)19-46(42,43)31-25(34)5-4-6-26(31)35)30(45-32)27-11-12-36-33(39-27)38-24-9-10-28(37-18-24)41-13-15-44-16-14-41/h4-12,17-18,20H,13-16,19H2,1-3H3,(H,36,38,39). The molecule has 0 bridgehead atoms. The molecule has 6 rings (SSSR count). The van der Waals surface area contributed by atoms with E-state index in [2.05, 4.69) is 20.2 Å². The second-order valence-corrected chi connectivity index (χ2v) is 14.2. The lowest BCUT2D eigenvalue weighted by Gasteiger charge is -2.27. The van der Waals surface area contributed by atoms with Gasteiger partial charge in [-0.2, -0.15) is 0 Å². The topological polar surface area (TPSA) is 110 Å². The number of thiazole rings is 1. The van der Waals surface area contributed by atoms with Gasteiger partial charge >= 0.3 is 0 Å². The maximum atomic E-state index is 14.4. The highest BCUT2D eigenvalue weighted by Crippen LogP contribution is 2.39. The van der Waals surface area contributed by atoms with Crippen LogP contribution in [0.3, 0.4) is 0 Å². The van der Waals surface area contributed by atoms with Crippen LogP contribution in [-0.2, 0) is 20.3 Å². The molecule has 5 aromatic rings. The number of halogens is 2. The van der Waals surface area contributed by atoms with Gasteiger partial charge < -0.3 is 15.0 Å². The van der Waals surface area contributed by atoms with Crippen LogP contribution in [0.2, 0.25) is 0 Å². The van der Waals surface area contributed by atoms with Gasteiger partial charge in [-0.05, 0) is 54.4 Å². The number of nitrogens with zero attached hydrogens (tertiary/aromatic N) is 5. The quantitative estimate of drug-likeness (QED) is 0.180. The van der Waals surface area contributed by atoms with Crippen LogP contribution in [0.4, 0.5) is 26.2 Å². The van der Waals surface area contributed by atoms with Crippen LogP contribution in [-0.4, -0.2) is 54.7 Å². The largest absolute Gasteiger partial charge is 0.378 e. The van der Waals surface area contributed by atoms with E-state index in [0.29, 0.717) is 47.2 Å². The second kappa shape index (κ2) is 13.2. The minimum absolute atomic E-state index is 0.127. The summed E-state index contributed by atoms with van der Waals surface area (Å²) in [7, 11) is -4.32. The maximum absolute atomic E-state index is 14.4. The third-order valence-electron chi connectivity index (χ3n) is 7.56. The summed E-state index contributed by atoms with van der Waals surface area (Å²) < 4.78 is 60.6. The number of ether oxygens (including phenoxy) is 1. The first kappa shape index (κ1) is 31.6. The Hall–Kier alpha value is -4.33. The molecule has 1 saturated heterocycles. The first-order valence-electron chi connectivity index (χ1n) is 14.8. The monoisotopic (exact) mass is 662 g/mol. The van der Waals surface area contributed by atoms with E-state index < -0.39 is 32.1 Å². The average Bonchev–Trinajstić information content (AvgIpc) is 3.49. The Morgan fingerprint density at radius 2 is 1.76 bits per heavy atom. The van der Waals surface area contributed by atoms with Crippen molar-refractivity contribution in [2.45, 2.75) is 37.3 Å². The Kier molecular flexibility index (Phi) is 9.07. The van der Waals surface area contributed by atoms with Crippen molar-refractivity contribution in [3.05, 3.63) is 94.8 Å². The van der Waals surface area contributed by atoms with Crippen molar-refractivity contribution < 1.29 is 21.9 Å². The van der Waals surface area contributed by atoms with E-state index >= 15 is 0 Å². The van der Waals surface area contributed by atoms with Crippen molar-refractivity contribution in [2.75, 3.05) is 36.5 Å². The Balaban J connectivity index is 1.31. The summed E-state index contributed by atoms with van der Waals surface area (Å²) in [5.41, 5.74) is 3.76. The van der Waals surface area contributed by atoms with Gasteiger partial charge in [0.1, 0.15) is 22.3 Å². The summed E-state index contributed by atoms with van der Waals surface area (Å²) in [6.45, 7) is 8.80. The van der Waals surface area contributed by atoms with Gasteiger partial charge in [0.25, 0.3) is 0 Å². The number of benzene rings is 2. The lowest BCUT2D eigenvalue weighted by molar-refractivity contribution is 0.122. The Morgan fingerprint density at radius 1 is 1.00 bits per heavy atom. The molecule has 0 aliphatic carbocycles. The van der Waals surface area contributed by atoms with Crippen molar-refractivity contribution in [3.63, 3.8) is 0 Å². The van der Waals surface area contributed by atoms with Crippen molar-refractivity contribution in [1.82, 2.24) is 19.9 Å². The fraction of sp³-hybridized carbons (Fsp3) is 0.273. The zero-order valence-corrected chi connectivity index (χ0v) is 27.1. The van der Waals surface area contributed by atoms with Gasteiger partial charge in [-0.3, -0.25) is 0 Å². The molecule has 1 aliphatic rings. The first-order chi connectivity index (χ1) is 22.1. The number of nitrogens with one attached hydrogen (secondary N) is 1. The predicted octanol–water partition coefficient (Wildman–Crippen LogP) is 6.93. The van der Waals surface area contributed by atoms with E-state index in [1.165, 1.54) is 11.3 Å². The molecule has 0 atom stereocenters. The highest BCUT2D eigenvalue weighted by molar-refractivity contribution is 7.90. The van der Waals surface area contributed by atoms with Crippen molar-refractivity contribution in [3.8, 4) is 21.8 Å². The van der Waals surface area contributed by atoms with Crippen molar-refractivity contribution >= 4 is 38.6 Å². The Labute approximate surface area is 270 Å². The van der Waals surface area contributed by atoms with Crippen LogP contribution < -0.4 is 10.2 Å². The van der Waals surface area contributed by atoms with E-state index in [1.807, 2.05) is 32.0 Å². The van der Waals surface area contributed by atoms with E-state index in [-0.39, 0.29) is 5.92 Å². The van der Waals surface area contributed by atoms with Crippen LogP contribution in [0.5, 0.6) is 0 Å². The zero-order chi connectivity index (χ0) is 32.4.